The number of nitrogens with zero attached hydrogens (tertiary/aromatic N) is 3. The molecule has 0 amide bonds. The SMILES string of the molecule is CN(C)c1ccc2cc3ccc(N(C)C)cc3[n+](CCCCCCI)c2c1.[I-]. The Labute approximate surface area is 200 Å². The number of pyridine rings is 1. The van der Waals surface area contributed by atoms with Gasteiger partial charge in [0, 0.05) is 68.9 Å². The number of aromatic nitrogens is 1. The second-order valence-corrected chi connectivity index (χ2v) is 8.75. The Morgan fingerprint density at radius 1 is 0.714 bits per heavy atom. The van der Waals surface area contributed by atoms with Crippen molar-refractivity contribution in [1.82, 2.24) is 0 Å². The van der Waals surface area contributed by atoms with Gasteiger partial charge in [-0.2, -0.15) is 4.57 Å². The van der Waals surface area contributed by atoms with Gasteiger partial charge in [0.15, 0.2) is 0 Å². The van der Waals surface area contributed by atoms with Gasteiger partial charge in [0.05, 0.1) is 0 Å². The van der Waals surface area contributed by atoms with Crippen LogP contribution in [0.25, 0.3) is 21.8 Å². The van der Waals surface area contributed by atoms with Gasteiger partial charge in [-0.15, -0.1) is 0 Å². The van der Waals surface area contributed by atoms with Crippen LogP contribution in [0.1, 0.15) is 25.7 Å². The molecule has 0 saturated carbocycles. The van der Waals surface area contributed by atoms with E-state index in [0.717, 1.165) is 6.54 Å². The molecule has 0 aliphatic carbocycles. The number of hydrogen-bond donors (Lipinski definition) is 0. The summed E-state index contributed by atoms with van der Waals surface area (Å²) in [7, 11) is 8.45. The highest BCUT2D eigenvalue weighted by molar-refractivity contribution is 14.1. The normalized spacial score (nSPS) is 10.9. The van der Waals surface area contributed by atoms with Crippen molar-refractivity contribution in [2.45, 2.75) is 32.2 Å². The van der Waals surface area contributed by atoms with Gasteiger partial charge >= 0.3 is 0 Å². The summed E-state index contributed by atoms with van der Waals surface area (Å²) in [6.45, 7) is 1.07. The van der Waals surface area contributed by atoms with E-state index in [-0.39, 0.29) is 24.0 Å². The Morgan fingerprint density at radius 3 is 1.68 bits per heavy atom. The van der Waals surface area contributed by atoms with Gasteiger partial charge in [0.1, 0.15) is 6.54 Å². The minimum atomic E-state index is 0. The molecule has 2 aromatic carbocycles. The predicted molar refractivity (Wildman–Crippen MR) is 128 cm³/mol. The lowest BCUT2D eigenvalue weighted by atomic mass is 10.1. The van der Waals surface area contributed by atoms with Crippen LogP contribution in [0.5, 0.6) is 0 Å². The Bertz CT molecular complexity index is 857. The lowest BCUT2D eigenvalue weighted by Crippen LogP contribution is -3.00. The molecule has 0 N–H and O–H groups in total. The monoisotopic (exact) mass is 603 g/mol. The predicted octanol–water partition coefficient (Wildman–Crippen LogP) is 2.41. The van der Waals surface area contributed by atoms with Crippen molar-refractivity contribution >= 4 is 55.8 Å². The molecule has 28 heavy (non-hydrogen) atoms. The number of hydrogen-bond acceptors (Lipinski definition) is 2. The van der Waals surface area contributed by atoms with Crippen LogP contribution < -0.4 is 38.3 Å². The molecular formula is C23H31I2N3. The number of alkyl halides is 1. The van der Waals surface area contributed by atoms with Crippen LogP contribution in [0, 0.1) is 0 Å². The molecule has 1 heterocycles. The van der Waals surface area contributed by atoms with Crippen molar-refractivity contribution in [3.63, 3.8) is 0 Å². The number of aryl methyl sites for hydroxylation is 1. The number of unbranched alkanes of at least 4 members (excludes halogenated alkanes) is 3. The minimum Gasteiger partial charge on any atom is -1.00 e. The van der Waals surface area contributed by atoms with E-state index < -0.39 is 0 Å². The zero-order valence-electron chi connectivity index (χ0n) is 17.4. The van der Waals surface area contributed by atoms with E-state index in [2.05, 4.69) is 108 Å². The largest absolute Gasteiger partial charge is 1.00 e. The highest BCUT2D eigenvalue weighted by atomic mass is 127. The van der Waals surface area contributed by atoms with Crippen LogP contribution in [-0.2, 0) is 6.54 Å². The van der Waals surface area contributed by atoms with Crippen molar-refractivity contribution < 1.29 is 28.5 Å². The molecule has 0 bridgehead atoms. The fraction of sp³-hybridized carbons (Fsp3) is 0.435. The molecule has 0 aliphatic rings. The number of benzene rings is 2. The van der Waals surface area contributed by atoms with Crippen LogP contribution in [-0.4, -0.2) is 32.6 Å². The molecule has 0 saturated heterocycles. The van der Waals surface area contributed by atoms with Crippen LogP contribution in [0.15, 0.2) is 42.5 Å². The standard InChI is InChI=1S/C23H31IN3.HI/c1-25(2)20-11-9-18-15-19-10-12-21(26(3)4)17-23(19)27(22(18)16-20)14-8-6-5-7-13-24;/h9-12,15-17H,5-8,13-14H2,1-4H3;1H/q+1;/p-1. The molecule has 0 spiro atoms. The van der Waals surface area contributed by atoms with E-state index in [9.17, 15) is 0 Å². The van der Waals surface area contributed by atoms with Gasteiger partial charge in [-0.1, -0.05) is 29.0 Å². The van der Waals surface area contributed by atoms with Crippen molar-refractivity contribution in [1.29, 1.82) is 0 Å². The molecule has 5 heteroatoms. The molecule has 0 aliphatic heterocycles. The average Bonchev–Trinajstić information content (AvgIpc) is 2.66. The van der Waals surface area contributed by atoms with Gasteiger partial charge in [0.25, 0.3) is 0 Å². The highest BCUT2D eigenvalue weighted by Crippen LogP contribution is 2.25. The summed E-state index contributed by atoms with van der Waals surface area (Å²) in [5.41, 5.74) is 5.17. The zero-order valence-corrected chi connectivity index (χ0v) is 21.7. The van der Waals surface area contributed by atoms with Crippen molar-refractivity contribution in [2.24, 2.45) is 0 Å². The number of anilines is 2. The molecule has 3 nitrogen and oxygen atoms in total. The van der Waals surface area contributed by atoms with E-state index in [0.29, 0.717) is 0 Å². The van der Waals surface area contributed by atoms with Crippen LogP contribution in [0.2, 0.25) is 0 Å². The quantitative estimate of drug-likeness (QED) is 0.129. The van der Waals surface area contributed by atoms with Gasteiger partial charge < -0.3 is 33.8 Å². The number of fused-ring (bicyclic) bond motifs is 2. The molecule has 3 aromatic rings. The zero-order chi connectivity index (χ0) is 19.4. The van der Waals surface area contributed by atoms with Crippen molar-refractivity contribution in [3.8, 4) is 0 Å². The molecule has 0 radical (unpaired) electrons. The summed E-state index contributed by atoms with van der Waals surface area (Å²) in [5.74, 6) is 0. The second-order valence-electron chi connectivity index (χ2n) is 7.67. The first-order chi connectivity index (χ1) is 13.0. The molecule has 0 atom stereocenters. The first-order valence-electron chi connectivity index (χ1n) is 9.82. The maximum atomic E-state index is 2.54. The summed E-state index contributed by atoms with van der Waals surface area (Å²) in [5, 5.41) is 2.64. The summed E-state index contributed by atoms with van der Waals surface area (Å²) in [4.78, 5) is 4.37. The third kappa shape index (κ3) is 5.40. The van der Waals surface area contributed by atoms with Gasteiger partial charge in [-0.25, -0.2) is 0 Å². The summed E-state index contributed by atoms with van der Waals surface area (Å²) in [6, 6.07) is 16.0. The molecule has 1 aromatic heterocycles. The third-order valence-electron chi connectivity index (χ3n) is 5.22. The van der Waals surface area contributed by atoms with E-state index in [1.807, 2.05) is 0 Å². The van der Waals surface area contributed by atoms with Gasteiger partial charge in [0.2, 0.25) is 11.0 Å². The van der Waals surface area contributed by atoms with Crippen LogP contribution in [0.4, 0.5) is 11.4 Å². The maximum Gasteiger partial charge on any atom is 0.215 e. The van der Waals surface area contributed by atoms with Gasteiger partial charge in [-0.05, 0) is 47.6 Å². The number of rotatable bonds is 8. The van der Waals surface area contributed by atoms with Crippen molar-refractivity contribution in [2.75, 3.05) is 42.4 Å². The first kappa shape index (κ1) is 23.4. The highest BCUT2D eigenvalue weighted by Gasteiger charge is 2.17. The average molecular weight is 603 g/mol. The van der Waals surface area contributed by atoms with E-state index in [4.69, 9.17) is 0 Å². The smallest absolute Gasteiger partial charge is 0.215 e. The van der Waals surface area contributed by atoms with Crippen LogP contribution in [0.3, 0.4) is 0 Å². The first-order valence-corrected chi connectivity index (χ1v) is 11.3. The lowest BCUT2D eigenvalue weighted by Gasteiger charge is -2.15. The topological polar surface area (TPSA) is 10.4 Å². The molecule has 3 rings (SSSR count). The fourth-order valence-corrected chi connectivity index (χ4v) is 4.13. The molecule has 0 fully saturated rings. The molecular weight excluding hydrogens is 572 g/mol. The van der Waals surface area contributed by atoms with Crippen molar-refractivity contribution in [3.05, 3.63) is 42.5 Å². The maximum absolute atomic E-state index is 2.54. The summed E-state index contributed by atoms with van der Waals surface area (Å²) < 4.78 is 3.80. The Morgan fingerprint density at radius 2 is 1.21 bits per heavy atom. The van der Waals surface area contributed by atoms with E-state index in [1.165, 1.54) is 63.3 Å². The van der Waals surface area contributed by atoms with Crippen LogP contribution >= 0.6 is 22.6 Å². The summed E-state index contributed by atoms with van der Waals surface area (Å²) in [6.07, 6.45) is 5.19. The van der Waals surface area contributed by atoms with E-state index >= 15 is 0 Å². The van der Waals surface area contributed by atoms with Gasteiger partial charge in [-0.3, -0.25) is 0 Å². The Balaban J connectivity index is 0.00000280. The third-order valence-corrected chi connectivity index (χ3v) is 5.98. The molecule has 152 valence electrons. The van der Waals surface area contributed by atoms with E-state index in [1.54, 1.807) is 0 Å². The fourth-order valence-electron chi connectivity index (χ4n) is 3.59. The second kappa shape index (κ2) is 10.8. The summed E-state index contributed by atoms with van der Waals surface area (Å²) >= 11 is 2.48. The molecule has 0 unspecified atom stereocenters. The lowest BCUT2D eigenvalue weighted by molar-refractivity contribution is -0.645. The Kier molecular flexibility index (Phi) is 9.05. The minimum absolute atomic E-state index is 0. The Hall–Kier alpha value is -0.830. The number of halogens is 2.